The van der Waals surface area contributed by atoms with Gasteiger partial charge < -0.3 is 10.2 Å². The molecule has 2 rings (SSSR count). The molecule has 5 nitrogen and oxygen atoms in total. The van der Waals surface area contributed by atoms with Gasteiger partial charge in [0.15, 0.2) is 5.82 Å². The average Bonchev–Trinajstić information content (AvgIpc) is 2.73. The lowest BCUT2D eigenvalue weighted by Gasteiger charge is -1.92. The number of nitrogens with zero attached hydrogens (tertiary/aromatic N) is 3. The summed E-state index contributed by atoms with van der Waals surface area (Å²) in [6.07, 6.45) is 2.46. The van der Waals surface area contributed by atoms with Crippen LogP contribution in [0.25, 0.3) is 11.4 Å². The average molecular weight is 192 g/mol. The van der Waals surface area contributed by atoms with E-state index in [1.807, 2.05) is 13.0 Å². The number of anilines is 1. The first-order valence-corrected chi connectivity index (χ1v) is 4.45. The van der Waals surface area contributed by atoms with Gasteiger partial charge in [-0.2, -0.15) is 4.98 Å². The summed E-state index contributed by atoms with van der Waals surface area (Å²) in [5, 5.41) is 4.18. The van der Waals surface area contributed by atoms with Crippen molar-refractivity contribution in [1.82, 2.24) is 14.8 Å². The van der Waals surface area contributed by atoms with Gasteiger partial charge >= 0.3 is 0 Å². The third-order valence-corrected chi connectivity index (χ3v) is 2.10. The largest absolute Gasteiger partial charge is 0.469 e. The van der Waals surface area contributed by atoms with Crippen LogP contribution in [0.15, 0.2) is 16.7 Å². The summed E-state index contributed by atoms with van der Waals surface area (Å²) in [6, 6.07) is 1.85. The Morgan fingerprint density at radius 3 is 2.93 bits per heavy atom. The van der Waals surface area contributed by atoms with E-state index in [1.165, 1.54) is 0 Å². The normalized spacial score (nSPS) is 10.7. The van der Waals surface area contributed by atoms with E-state index in [2.05, 4.69) is 10.1 Å². The first-order chi connectivity index (χ1) is 6.72. The summed E-state index contributed by atoms with van der Waals surface area (Å²) in [5.41, 5.74) is 6.51. The molecule has 0 spiro atoms. The number of hydrogen-bond acceptors (Lipinski definition) is 4. The molecule has 0 aliphatic rings. The van der Waals surface area contributed by atoms with Gasteiger partial charge in [-0.1, -0.05) is 6.92 Å². The number of nitrogen functional groups attached to an aromatic ring is 1. The highest BCUT2D eigenvalue weighted by Gasteiger charge is 2.12. The van der Waals surface area contributed by atoms with E-state index in [1.54, 1.807) is 18.0 Å². The molecule has 2 aromatic rings. The molecule has 0 radical (unpaired) electrons. The molecule has 0 saturated carbocycles. The third kappa shape index (κ3) is 1.26. The maximum Gasteiger partial charge on any atom is 0.218 e. The van der Waals surface area contributed by atoms with E-state index < -0.39 is 0 Å². The van der Waals surface area contributed by atoms with Gasteiger partial charge in [0.05, 0.1) is 11.8 Å². The second-order valence-corrected chi connectivity index (χ2v) is 3.03. The van der Waals surface area contributed by atoms with Gasteiger partial charge in [-0.25, -0.2) is 4.68 Å². The lowest BCUT2D eigenvalue weighted by Crippen LogP contribution is -1.97. The van der Waals surface area contributed by atoms with Gasteiger partial charge in [-0.05, 0) is 6.07 Å². The SMILES string of the molecule is CCc1occc1-c1nc(N)n(C)n1. The maximum absolute atomic E-state index is 5.60. The van der Waals surface area contributed by atoms with E-state index in [0.717, 1.165) is 17.7 Å². The quantitative estimate of drug-likeness (QED) is 0.776. The van der Waals surface area contributed by atoms with Gasteiger partial charge in [-0.15, -0.1) is 5.10 Å². The Balaban J connectivity index is 2.49. The fourth-order valence-electron chi connectivity index (χ4n) is 1.32. The molecule has 0 aromatic carbocycles. The Labute approximate surface area is 81.5 Å². The molecule has 0 amide bonds. The molecule has 5 heteroatoms. The van der Waals surface area contributed by atoms with Gasteiger partial charge in [-0.3, -0.25) is 0 Å². The summed E-state index contributed by atoms with van der Waals surface area (Å²) in [5.74, 6) is 1.91. The van der Waals surface area contributed by atoms with Crippen molar-refractivity contribution in [1.29, 1.82) is 0 Å². The van der Waals surface area contributed by atoms with Gasteiger partial charge in [0.1, 0.15) is 5.76 Å². The number of nitrogens with two attached hydrogens (primary N) is 1. The molecule has 2 N–H and O–H groups in total. The molecule has 0 saturated heterocycles. The van der Waals surface area contributed by atoms with Gasteiger partial charge in [0, 0.05) is 13.5 Å². The van der Waals surface area contributed by atoms with Crippen molar-refractivity contribution >= 4 is 5.95 Å². The topological polar surface area (TPSA) is 69.9 Å². The molecular weight excluding hydrogens is 180 g/mol. The molecule has 2 aromatic heterocycles. The van der Waals surface area contributed by atoms with Crippen molar-refractivity contribution in [2.75, 3.05) is 5.73 Å². The van der Waals surface area contributed by atoms with E-state index in [9.17, 15) is 0 Å². The summed E-state index contributed by atoms with van der Waals surface area (Å²) in [6.45, 7) is 2.02. The molecule has 2 heterocycles. The lowest BCUT2D eigenvalue weighted by molar-refractivity contribution is 0.517. The van der Waals surface area contributed by atoms with Crippen LogP contribution in [0.2, 0.25) is 0 Å². The minimum absolute atomic E-state index is 0.406. The number of aromatic nitrogens is 3. The zero-order chi connectivity index (χ0) is 10.1. The predicted molar refractivity (Wildman–Crippen MR) is 52.5 cm³/mol. The van der Waals surface area contributed by atoms with Gasteiger partial charge in [0.2, 0.25) is 5.95 Å². The number of rotatable bonds is 2. The first kappa shape index (κ1) is 8.80. The van der Waals surface area contributed by atoms with E-state index in [4.69, 9.17) is 10.2 Å². The minimum atomic E-state index is 0.406. The number of hydrogen-bond donors (Lipinski definition) is 1. The van der Waals surface area contributed by atoms with Crippen LogP contribution in [-0.2, 0) is 13.5 Å². The summed E-state index contributed by atoms with van der Waals surface area (Å²) < 4.78 is 6.83. The molecular formula is C9H12N4O. The maximum atomic E-state index is 5.60. The van der Waals surface area contributed by atoms with Crippen molar-refractivity contribution in [3.8, 4) is 11.4 Å². The predicted octanol–water partition coefficient (Wildman–Crippen LogP) is 1.22. The lowest BCUT2D eigenvalue weighted by atomic mass is 10.2. The monoisotopic (exact) mass is 192 g/mol. The fraction of sp³-hybridized carbons (Fsp3) is 0.333. The molecule has 0 bridgehead atoms. The minimum Gasteiger partial charge on any atom is -0.469 e. The number of furan rings is 1. The molecule has 0 aliphatic carbocycles. The number of aryl methyl sites for hydroxylation is 2. The standard InChI is InChI=1S/C9H12N4O/c1-3-7-6(4-5-14-7)8-11-9(10)13(2)12-8/h4-5H,3H2,1-2H3,(H2,10,11,12). The van der Waals surface area contributed by atoms with Crippen molar-refractivity contribution < 1.29 is 4.42 Å². The van der Waals surface area contributed by atoms with Crippen LogP contribution in [0.1, 0.15) is 12.7 Å². The van der Waals surface area contributed by atoms with Crippen LogP contribution < -0.4 is 5.73 Å². The molecule has 0 unspecified atom stereocenters. The highest BCUT2D eigenvalue weighted by atomic mass is 16.3. The first-order valence-electron chi connectivity index (χ1n) is 4.45. The van der Waals surface area contributed by atoms with E-state index in [-0.39, 0.29) is 0 Å². The molecule has 0 fully saturated rings. The molecule has 14 heavy (non-hydrogen) atoms. The Kier molecular flexibility index (Phi) is 1.99. The Bertz CT molecular complexity index is 424. The Morgan fingerprint density at radius 1 is 1.57 bits per heavy atom. The van der Waals surface area contributed by atoms with E-state index >= 15 is 0 Å². The van der Waals surface area contributed by atoms with Crippen LogP contribution in [0.5, 0.6) is 0 Å². The second-order valence-electron chi connectivity index (χ2n) is 3.03. The molecule has 0 aliphatic heterocycles. The summed E-state index contributed by atoms with van der Waals surface area (Å²) in [4.78, 5) is 4.13. The van der Waals surface area contributed by atoms with E-state index in [0.29, 0.717) is 11.8 Å². The fourth-order valence-corrected chi connectivity index (χ4v) is 1.32. The van der Waals surface area contributed by atoms with Crippen LogP contribution in [0.3, 0.4) is 0 Å². The third-order valence-electron chi connectivity index (χ3n) is 2.10. The van der Waals surface area contributed by atoms with Crippen molar-refractivity contribution in [3.05, 3.63) is 18.1 Å². The molecule has 74 valence electrons. The molecule has 0 atom stereocenters. The van der Waals surface area contributed by atoms with Crippen LogP contribution in [-0.4, -0.2) is 14.8 Å². The Morgan fingerprint density at radius 2 is 2.36 bits per heavy atom. The zero-order valence-electron chi connectivity index (χ0n) is 8.19. The van der Waals surface area contributed by atoms with Crippen LogP contribution in [0, 0.1) is 0 Å². The van der Waals surface area contributed by atoms with Crippen LogP contribution >= 0.6 is 0 Å². The smallest absolute Gasteiger partial charge is 0.218 e. The van der Waals surface area contributed by atoms with Crippen molar-refractivity contribution in [2.24, 2.45) is 7.05 Å². The highest BCUT2D eigenvalue weighted by molar-refractivity contribution is 5.58. The van der Waals surface area contributed by atoms with Gasteiger partial charge in [0.25, 0.3) is 0 Å². The second kappa shape index (κ2) is 3.17. The van der Waals surface area contributed by atoms with Crippen molar-refractivity contribution in [2.45, 2.75) is 13.3 Å². The van der Waals surface area contributed by atoms with Crippen LogP contribution in [0.4, 0.5) is 5.95 Å². The summed E-state index contributed by atoms with van der Waals surface area (Å²) >= 11 is 0. The van der Waals surface area contributed by atoms with Crippen molar-refractivity contribution in [3.63, 3.8) is 0 Å². The summed E-state index contributed by atoms with van der Waals surface area (Å²) in [7, 11) is 1.76. The highest BCUT2D eigenvalue weighted by Crippen LogP contribution is 2.22. The Hall–Kier alpha value is -1.78. The zero-order valence-corrected chi connectivity index (χ0v) is 8.19.